The number of imidazole rings is 1. The number of aromatic nitrogens is 3. The summed E-state index contributed by atoms with van der Waals surface area (Å²) < 4.78 is 34.6. The van der Waals surface area contributed by atoms with Crippen LogP contribution in [0.2, 0.25) is 0 Å². The maximum Gasteiger partial charge on any atom is 0.302 e. The van der Waals surface area contributed by atoms with Crippen molar-refractivity contribution in [1.29, 1.82) is 0 Å². The lowest BCUT2D eigenvalue weighted by atomic mass is 10.1. The van der Waals surface area contributed by atoms with E-state index in [1.807, 2.05) is 30.5 Å². The number of rotatable bonds is 8. The minimum atomic E-state index is -0.626. The second kappa shape index (κ2) is 9.84. The number of nitrogens with zero attached hydrogens (tertiary/aromatic N) is 3. The molecule has 0 fully saturated rings. The number of pyridine rings is 1. The summed E-state index contributed by atoms with van der Waals surface area (Å²) in [6.45, 7) is 6.12. The lowest BCUT2D eigenvalue weighted by molar-refractivity contribution is -0.140. The zero-order valence-corrected chi connectivity index (χ0v) is 17.9. The van der Waals surface area contributed by atoms with E-state index in [1.165, 1.54) is 30.8 Å². The number of hydrogen-bond acceptors (Lipinski definition) is 5. The molecule has 3 rings (SSSR count). The van der Waals surface area contributed by atoms with Crippen LogP contribution in [-0.2, 0) is 22.5 Å². The van der Waals surface area contributed by atoms with Gasteiger partial charge >= 0.3 is 5.97 Å². The molecule has 2 aromatic heterocycles. The van der Waals surface area contributed by atoms with Gasteiger partial charge in [0, 0.05) is 43.2 Å². The third-order valence-corrected chi connectivity index (χ3v) is 5.44. The SMILES string of the molecule is CC(=O)OCCc1nc(C(C)C)c(Sc2cc(F)cc(F)c2)n1Cc1ccncc1. The first-order valence-electron chi connectivity index (χ1n) is 9.59. The molecule has 0 amide bonds. The van der Waals surface area contributed by atoms with E-state index < -0.39 is 11.6 Å². The predicted molar refractivity (Wildman–Crippen MR) is 110 cm³/mol. The molecule has 0 aliphatic heterocycles. The number of carbonyl (C=O) groups is 1. The molecule has 8 heteroatoms. The molecule has 0 radical (unpaired) electrons. The summed E-state index contributed by atoms with van der Waals surface area (Å²) in [6.07, 6.45) is 3.86. The van der Waals surface area contributed by atoms with E-state index in [4.69, 9.17) is 9.72 Å². The van der Waals surface area contributed by atoms with E-state index in [0.29, 0.717) is 17.9 Å². The fraction of sp³-hybridized carbons (Fsp3) is 0.318. The summed E-state index contributed by atoms with van der Waals surface area (Å²) in [5.74, 6) is -0.762. The van der Waals surface area contributed by atoms with E-state index in [0.717, 1.165) is 28.2 Å². The van der Waals surface area contributed by atoms with Crippen LogP contribution in [0.3, 0.4) is 0 Å². The largest absolute Gasteiger partial charge is 0.465 e. The van der Waals surface area contributed by atoms with E-state index in [1.54, 1.807) is 12.4 Å². The molecule has 0 saturated carbocycles. The molecule has 158 valence electrons. The highest BCUT2D eigenvalue weighted by molar-refractivity contribution is 7.99. The molecule has 0 unspecified atom stereocenters. The van der Waals surface area contributed by atoms with Gasteiger partial charge in [0.25, 0.3) is 0 Å². The minimum absolute atomic E-state index is 0.0945. The Labute approximate surface area is 178 Å². The number of esters is 1. The quantitative estimate of drug-likeness (QED) is 0.471. The van der Waals surface area contributed by atoms with Crippen LogP contribution in [0.15, 0.2) is 52.6 Å². The molecule has 5 nitrogen and oxygen atoms in total. The highest BCUT2D eigenvalue weighted by atomic mass is 32.2. The number of ether oxygens (including phenoxy) is 1. The molecular formula is C22H23F2N3O2S. The molecule has 0 atom stereocenters. The highest BCUT2D eigenvalue weighted by Gasteiger charge is 2.21. The van der Waals surface area contributed by atoms with E-state index >= 15 is 0 Å². The smallest absolute Gasteiger partial charge is 0.302 e. The van der Waals surface area contributed by atoms with Crippen molar-refractivity contribution in [3.8, 4) is 0 Å². The molecule has 1 aromatic carbocycles. The summed E-state index contributed by atoms with van der Waals surface area (Å²) >= 11 is 1.27. The second-order valence-corrected chi connectivity index (χ2v) is 8.17. The van der Waals surface area contributed by atoms with Crippen molar-refractivity contribution in [2.75, 3.05) is 6.61 Å². The zero-order chi connectivity index (χ0) is 21.7. The molecule has 2 heterocycles. The van der Waals surface area contributed by atoms with Gasteiger partial charge < -0.3 is 9.30 Å². The fourth-order valence-electron chi connectivity index (χ4n) is 3.00. The maximum atomic E-state index is 13.8. The van der Waals surface area contributed by atoms with Gasteiger partial charge in [0.1, 0.15) is 22.5 Å². The molecule has 30 heavy (non-hydrogen) atoms. The Morgan fingerprint density at radius 1 is 1.17 bits per heavy atom. The van der Waals surface area contributed by atoms with E-state index in [-0.39, 0.29) is 18.5 Å². The van der Waals surface area contributed by atoms with Gasteiger partial charge in [0.05, 0.1) is 12.3 Å². The van der Waals surface area contributed by atoms with Crippen molar-refractivity contribution in [2.24, 2.45) is 0 Å². The number of benzene rings is 1. The van der Waals surface area contributed by atoms with Crippen LogP contribution in [0.1, 0.15) is 43.8 Å². The summed E-state index contributed by atoms with van der Waals surface area (Å²) in [4.78, 5) is 20.5. The summed E-state index contributed by atoms with van der Waals surface area (Å²) in [5, 5.41) is 0.810. The Hall–Kier alpha value is -2.74. The summed E-state index contributed by atoms with van der Waals surface area (Å²) in [5.41, 5.74) is 1.84. The Balaban J connectivity index is 2.03. The van der Waals surface area contributed by atoms with Crippen LogP contribution in [0.5, 0.6) is 0 Å². The van der Waals surface area contributed by atoms with Crippen molar-refractivity contribution in [1.82, 2.24) is 14.5 Å². The van der Waals surface area contributed by atoms with Crippen LogP contribution in [0, 0.1) is 11.6 Å². The van der Waals surface area contributed by atoms with Crippen molar-refractivity contribution < 1.29 is 18.3 Å². The first-order chi connectivity index (χ1) is 14.3. The van der Waals surface area contributed by atoms with Crippen molar-refractivity contribution in [3.05, 3.63) is 71.4 Å². The summed E-state index contributed by atoms with van der Waals surface area (Å²) in [6, 6.07) is 7.27. The average molecular weight is 432 g/mol. The fourth-order valence-corrected chi connectivity index (χ4v) is 4.23. The lowest BCUT2D eigenvalue weighted by Gasteiger charge is -2.14. The van der Waals surface area contributed by atoms with Crippen molar-refractivity contribution >= 4 is 17.7 Å². The predicted octanol–water partition coefficient (Wildman–Crippen LogP) is 4.98. The average Bonchev–Trinajstić information content (AvgIpc) is 2.99. The Bertz CT molecular complexity index is 1000. The van der Waals surface area contributed by atoms with Crippen LogP contribution >= 0.6 is 11.8 Å². The molecule has 3 aromatic rings. The van der Waals surface area contributed by atoms with Gasteiger partial charge in [-0.25, -0.2) is 13.8 Å². The van der Waals surface area contributed by atoms with Crippen molar-refractivity contribution in [2.45, 2.75) is 49.6 Å². The van der Waals surface area contributed by atoms with Crippen LogP contribution in [0.4, 0.5) is 8.78 Å². The van der Waals surface area contributed by atoms with Crippen LogP contribution in [-0.4, -0.2) is 27.1 Å². The van der Waals surface area contributed by atoms with E-state index in [2.05, 4.69) is 4.98 Å². The standard InChI is InChI=1S/C22H23F2N3O2S/c1-14(2)21-22(30-19-11-17(23)10-18(24)12-19)27(13-16-4-7-25-8-5-16)20(26-21)6-9-29-15(3)28/h4-5,7-8,10-12,14H,6,9,13H2,1-3H3. The number of halogens is 2. The molecule has 0 aliphatic carbocycles. The van der Waals surface area contributed by atoms with Crippen molar-refractivity contribution in [3.63, 3.8) is 0 Å². The van der Waals surface area contributed by atoms with Gasteiger partial charge in [-0.05, 0) is 35.7 Å². The second-order valence-electron chi connectivity index (χ2n) is 7.11. The van der Waals surface area contributed by atoms with Crippen LogP contribution < -0.4 is 0 Å². The molecule has 0 spiro atoms. The first-order valence-corrected chi connectivity index (χ1v) is 10.4. The number of carbonyl (C=O) groups excluding carboxylic acids is 1. The summed E-state index contributed by atoms with van der Waals surface area (Å²) in [7, 11) is 0. The van der Waals surface area contributed by atoms with Gasteiger partial charge in [-0.2, -0.15) is 0 Å². The normalized spacial score (nSPS) is 11.1. The van der Waals surface area contributed by atoms with Gasteiger partial charge in [0.2, 0.25) is 0 Å². The highest BCUT2D eigenvalue weighted by Crippen LogP contribution is 2.36. The maximum absolute atomic E-state index is 13.8. The Kier molecular flexibility index (Phi) is 7.20. The molecule has 0 N–H and O–H groups in total. The molecular weight excluding hydrogens is 408 g/mol. The molecule has 0 aliphatic rings. The van der Waals surface area contributed by atoms with Gasteiger partial charge in [-0.1, -0.05) is 25.6 Å². The first kappa shape index (κ1) is 22.0. The number of hydrogen-bond donors (Lipinski definition) is 0. The Morgan fingerprint density at radius 2 is 1.83 bits per heavy atom. The Morgan fingerprint density at radius 3 is 2.43 bits per heavy atom. The zero-order valence-electron chi connectivity index (χ0n) is 17.1. The molecule has 0 saturated heterocycles. The third kappa shape index (κ3) is 5.66. The third-order valence-electron chi connectivity index (χ3n) is 4.34. The monoisotopic (exact) mass is 431 g/mol. The lowest BCUT2D eigenvalue weighted by Crippen LogP contribution is -2.11. The molecule has 0 bridgehead atoms. The minimum Gasteiger partial charge on any atom is -0.465 e. The van der Waals surface area contributed by atoms with Crippen LogP contribution in [0.25, 0.3) is 0 Å². The van der Waals surface area contributed by atoms with E-state index in [9.17, 15) is 13.6 Å². The topological polar surface area (TPSA) is 57.0 Å². The van der Waals surface area contributed by atoms with Gasteiger partial charge in [0.15, 0.2) is 0 Å². The van der Waals surface area contributed by atoms with Gasteiger partial charge in [-0.15, -0.1) is 0 Å². The van der Waals surface area contributed by atoms with Gasteiger partial charge in [-0.3, -0.25) is 9.78 Å².